The summed E-state index contributed by atoms with van der Waals surface area (Å²) in [6, 6.07) is 0. The number of halogens is 1. The molecule has 96 valence electrons. The Labute approximate surface area is 112 Å². The van der Waals surface area contributed by atoms with E-state index in [9.17, 15) is 0 Å². The molecule has 0 radical (unpaired) electrons. The summed E-state index contributed by atoms with van der Waals surface area (Å²) in [5, 5.41) is 9.62. The second-order valence-corrected chi connectivity index (χ2v) is 6.91. The molecule has 1 aromatic heterocycles. The number of aromatic nitrogens is 3. The van der Waals surface area contributed by atoms with Gasteiger partial charge in [-0.05, 0) is 33.6 Å². The Bertz CT molecular complexity index is 397. The minimum atomic E-state index is 0.0491. The number of hydrogen-bond acceptors (Lipinski definition) is 2. The largest absolute Gasteiger partial charge is 0.308 e. The maximum Gasteiger partial charge on any atom is 0.144 e. The third-order valence-corrected chi connectivity index (χ3v) is 4.27. The minimum absolute atomic E-state index is 0.0491. The van der Waals surface area contributed by atoms with Crippen molar-refractivity contribution in [3.05, 3.63) is 11.6 Å². The first-order valence-corrected chi connectivity index (χ1v) is 7.52. The van der Waals surface area contributed by atoms with Crippen LogP contribution in [-0.2, 0) is 16.3 Å². The van der Waals surface area contributed by atoms with Gasteiger partial charge in [0.15, 0.2) is 0 Å². The van der Waals surface area contributed by atoms with Gasteiger partial charge in [0.1, 0.15) is 11.6 Å². The van der Waals surface area contributed by atoms with Gasteiger partial charge in [-0.3, -0.25) is 0 Å². The lowest BCUT2D eigenvalue weighted by Gasteiger charge is -2.31. The van der Waals surface area contributed by atoms with Gasteiger partial charge in [0.2, 0.25) is 0 Å². The minimum Gasteiger partial charge on any atom is -0.308 e. The van der Waals surface area contributed by atoms with Crippen molar-refractivity contribution in [1.82, 2.24) is 14.8 Å². The average molecular weight is 300 g/mol. The molecular weight excluding hydrogens is 278 g/mol. The van der Waals surface area contributed by atoms with E-state index in [0.717, 1.165) is 11.2 Å². The van der Waals surface area contributed by atoms with Gasteiger partial charge in [-0.2, -0.15) is 0 Å². The van der Waals surface area contributed by atoms with E-state index < -0.39 is 0 Å². The van der Waals surface area contributed by atoms with Crippen molar-refractivity contribution >= 4 is 15.9 Å². The van der Waals surface area contributed by atoms with E-state index in [1.807, 2.05) is 0 Å². The van der Waals surface area contributed by atoms with Crippen LogP contribution in [0.25, 0.3) is 0 Å². The molecular formula is C13H22BrN3. The van der Waals surface area contributed by atoms with E-state index in [-0.39, 0.29) is 11.0 Å². The Kier molecular flexibility index (Phi) is 3.36. The highest BCUT2D eigenvalue weighted by Gasteiger charge is 2.38. The quantitative estimate of drug-likeness (QED) is 0.779. The molecule has 0 spiro atoms. The highest BCUT2D eigenvalue weighted by Crippen LogP contribution is 2.41. The molecule has 1 aliphatic carbocycles. The summed E-state index contributed by atoms with van der Waals surface area (Å²) in [6.07, 6.45) is 5.11. The van der Waals surface area contributed by atoms with Crippen molar-refractivity contribution in [2.75, 3.05) is 0 Å². The van der Waals surface area contributed by atoms with Gasteiger partial charge in [-0.25, -0.2) is 0 Å². The standard InChI is InChI=1S/C13H22BrN3/c1-12(2,3)17-10(9-14)15-16-11(17)13(4)7-5-6-8-13/h5-9H2,1-4H3. The van der Waals surface area contributed by atoms with Crippen molar-refractivity contribution in [3.63, 3.8) is 0 Å². The maximum absolute atomic E-state index is 4.49. The lowest BCUT2D eigenvalue weighted by atomic mass is 9.87. The first kappa shape index (κ1) is 13.1. The fourth-order valence-electron chi connectivity index (χ4n) is 2.88. The van der Waals surface area contributed by atoms with Crippen LogP contribution >= 0.6 is 15.9 Å². The van der Waals surface area contributed by atoms with Crippen molar-refractivity contribution in [2.24, 2.45) is 0 Å². The van der Waals surface area contributed by atoms with Crippen LogP contribution < -0.4 is 0 Å². The van der Waals surface area contributed by atoms with Gasteiger partial charge in [-0.15, -0.1) is 10.2 Å². The molecule has 3 nitrogen and oxygen atoms in total. The molecule has 1 fully saturated rings. The van der Waals surface area contributed by atoms with Crippen molar-refractivity contribution in [3.8, 4) is 0 Å². The van der Waals surface area contributed by atoms with Gasteiger partial charge in [0.25, 0.3) is 0 Å². The van der Waals surface area contributed by atoms with E-state index in [4.69, 9.17) is 0 Å². The Morgan fingerprint density at radius 2 is 1.82 bits per heavy atom. The summed E-state index contributed by atoms with van der Waals surface area (Å²) in [6.45, 7) is 9.02. The maximum atomic E-state index is 4.49. The van der Waals surface area contributed by atoms with E-state index in [2.05, 4.69) is 58.4 Å². The Morgan fingerprint density at radius 3 is 2.29 bits per heavy atom. The fraction of sp³-hybridized carbons (Fsp3) is 0.846. The summed E-state index contributed by atoms with van der Waals surface area (Å²) >= 11 is 3.52. The van der Waals surface area contributed by atoms with Crippen molar-refractivity contribution < 1.29 is 0 Å². The number of nitrogens with zero attached hydrogens (tertiary/aromatic N) is 3. The fourth-order valence-corrected chi connectivity index (χ4v) is 3.24. The highest BCUT2D eigenvalue weighted by atomic mass is 79.9. The number of hydrogen-bond donors (Lipinski definition) is 0. The van der Waals surface area contributed by atoms with Crippen LogP contribution in [0.3, 0.4) is 0 Å². The topological polar surface area (TPSA) is 30.7 Å². The van der Waals surface area contributed by atoms with Gasteiger partial charge >= 0.3 is 0 Å². The SMILES string of the molecule is CC1(c2nnc(CBr)n2C(C)(C)C)CCCC1. The summed E-state index contributed by atoms with van der Waals surface area (Å²) in [4.78, 5) is 0. The first-order valence-electron chi connectivity index (χ1n) is 6.40. The van der Waals surface area contributed by atoms with Crippen molar-refractivity contribution in [1.29, 1.82) is 0 Å². The molecule has 0 bridgehead atoms. The first-order chi connectivity index (χ1) is 7.88. The van der Waals surface area contributed by atoms with Crippen LogP contribution in [0.1, 0.15) is 65.0 Å². The second kappa shape index (κ2) is 4.38. The van der Waals surface area contributed by atoms with Gasteiger partial charge in [-0.1, -0.05) is 35.7 Å². The molecule has 1 saturated carbocycles. The molecule has 4 heteroatoms. The predicted molar refractivity (Wildman–Crippen MR) is 73.5 cm³/mol. The highest BCUT2D eigenvalue weighted by molar-refractivity contribution is 9.08. The smallest absolute Gasteiger partial charge is 0.144 e. The molecule has 0 aliphatic heterocycles. The third kappa shape index (κ3) is 2.28. The summed E-state index contributed by atoms with van der Waals surface area (Å²) in [5.74, 6) is 2.22. The van der Waals surface area contributed by atoms with E-state index in [1.165, 1.54) is 31.5 Å². The molecule has 0 N–H and O–H groups in total. The summed E-state index contributed by atoms with van der Waals surface area (Å²) in [5.41, 5.74) is 0.272. The molecule has 0 aromatic carbocycles. The monoisotopic (exact) mass is 299 g/mol. The average Bonchev–Trinajstić information content (AvgIpc) is 2.82. The molecule has 1 aliphatic rings. The second-order valence-electron chi connectivity index (χ2n) is 6.35. The molecule has 17 heavy (non-hydrogen) atoms. The molecule has 1 aromatic rings. The zero-order valence-electron chi connectivity index (χ0n) is 11.3. The normalized spacial score (nSPS) is 19.8. The molecule has 0 amide bonds. The number of alkyl halides is 1. The summed E-state index contributed by atoms with van der Waals surface area (Å²) < 4.78 is 2.33. The van der Waals surface area contributed by atoms with E-state index >= 15 is 0 Å². The van der Waals surface area contributed by atoms with Gasteiger partial charge in [0, 0.05) is 11.0 Å². The van der Waals surface area contributed by atoms with Crippen LogP contribution in [0.15, 0.2) is 0 Å². The molecule has 2 rings (SSSR count). The predicted octanol–water partition coefficient (Wildman–Crippen LogP) is 3.76. The zero-order valence-corrected chi connectivity index (χ0v) is 12.8. The number of rotatable bonds is 2. The van der Waals surface area contributed by atoms with Gasteiger partial charge in [0.05, 0.1) is 5.33 Å². The lowest BCUT2D eigenvalue weighted by Crippen LogP contribution is -2.32. The van der Waals surface area contributed by atoms with E-state index in [1.54, 1.807) is 0 Å². The molecule has 0 atom stereocenters. The van der Waals surface area contributed by atoms with Crippen LogP contribution in [0.4, 0.5) is 0 Å². The molecule has 1 heterocycles. The Morgan fingerprint density at radius 1 is 1.24 bits per heavy atom. The van der Waals surface area contributed by atoms with Crippen molar-refractivity contribution in [2.45, 2.75) is 69.7 Å². The van der Waals surface area contributed by atoms with E-state index in [0.29, 0.717) is 0 Å². The summed E-state index contributed by atoms with van der Waals surface area (Å²) in [7, 11) is 0. The lowest BCUT2D eigenvalue weighted by molar-refractivity contribution is 0.330. The Balaban J connectivity index is 2.51. The van der Waals surface area contributed by atoms with Crippen LogP contribution in [0, 0.1) is 0 Å². The molecule has 0 unspecified atom stereocenters. The van der Waals surface area contributed by atoms with Crippen LogP contribution in [0.2, 0.25) is 0 Å². The van der Waals surface area contributed by atoms with Crippen LogP contribution in [0.5, 0.6) is 0 Å². The third-order valence-electron chi connectivity index (χ3n) is 3.77. The molecule has 0 saturated heterocycles. The Hall–Kier alpha value is -0.380. The van der Waals surface area contributed by atoms with Crippen LogP contribution in [-0.4, -0.2) is 14.8 Å². The zero-order chi connectivity index (χ0) is 12.7. The van der Waals surface area contributed by atoms with Gasteiger partial charge < -0.3 is 4.57 Å².